The number of urea groups is 1. The molecule has 0 saturated carbocycles. The van der Waals surface area contributed by atoms with Gasteiger partial charge in [-0.2, -0.15) is 5.10 Å². The van der Waals surface area contributed by atoms with Crippen molar-refractivity contribution in [3.63, 3.8) is 0 Å². The van der Waals surface area contributed by atoms with Crippen LogP contribution >= 0.6 is 0 Å². The van der Waals surface area contributed by atoms with Gasteiger partial charge in [0.25, 0.3) is 0 Å². The van der Waals surface area contributed by atoms with E-state index in [1.807, 2.05) is 31.6 Å². The van der Waals surface area contributed by atoms with Gasteiger partial charge in [-0.3, -0.25) is 4.68 Å². The van der Waals surface area contributed by atoms with E-state index in [1.165, 1.54) is 0 Å². The summed E-state index contributed by atoms with van der Waals surface area (Å²) in [5.41, 5.74) is 0.560. The van der Waals surface area contributed by atoms with Crippen LogP contribution in [-0.4, -0.2) is 20.8 Å². The summed E-state index contributed by atoms with van der Waals surface area (Å²) in [5, 5.41) is 9.66. The van der Waals surface area contributed by atoms with Crippen molar-refractivity contribution in [1.29, 1.82) is 0 Å². The molecule has 2 heterocycles. The summed E-state index contributed by atoms with van der Waals surface area (Å²) >= 11 is 0. The SMILES string of the molecule is CC(C)Cn1cc(NC(=O)NCc2ncc(C(C)(C)C)o2)cn1. The largest absolute Gasteiger partial charge is 0.443 e. The van der Waals surface area contributed by atoms with Crippen molar-refractivity contribution in [2.75, 3.05) is 5.32 Å². The summed E-state index contributed by atoms with van der Waals surface area (Å²) in [6.45, 7) is 11.4. The Morgan fingerprint density at radius 3 is 2.70 bits per heavy atom. The second-order valence-electron chi connectivity index (χ2n) is 7.02. The minimum absolute atomic E-state index is 0.0987. The first kappa shape index (κ1) is 17.1. The zero-order chi connectivity index (χ0) is 17.0. The van der Waals surface area contributed by atoms with Crippen molar-refractivity contribution in [3.8, 4) is 0 Å². The lowest BCUT2D eigenvalue weighted by Gasteiger charge is -2.13. The fourth-order valence-corrected chi connectivity index (χ4v) is 1.97. The Morgan fingerprint density at radius 2 is 2.09 bits per heavy atom. The van der Waals surface area contributed by atoms with Crippen molar-refractivity contribution in [2.24, 2.45) is 5.92 Å². The van der Waals surface area contributed by atoms with Gasteiger partial charge in [0.15, 0.2) is 0 Å². The minimum atomic E-state index is -0.315. The summed E-state index contributed by atoms with van der Waals surface area (Å²) in [7, 11) is 0. The van der Waals surface area contributed by atoms with E-state index in [0.29, 0.717) is 17.5 Å². The number of amides is 2. The Labute approximate surface area is 136 Å². The van der Waals surface area contributed by atoms with Crippen LogP contribution in [-0.2, 0) is 18.5 Å². The van der Waals surface area contributed by atoms with E-state index < -0.39 is 0 Å². The molecule has 2 rings (SSSR count). The average molecular weight is 319 g/mol. The lowest BCUT2D eigenvalue weighted by Crippen LogP contribution is -2.28. The molecule has 7 nitrogen and oxygen atoms in total. The quantitative estimate of drug-likeness (QED) is 0.886. The predicted octanol–water partition coefficient (Wildman–Crippen LogP) is 3.15. The second kappa shape index (κ2) is 6.85. The van der Waals surface area contributed by atoms with Crippen molar-refractivity contribution in [3.05, 3.63) is 30.2 Å². The van der Waals surface area contributed by atoms with Gasteiger partial charge in [-0.1, -0.05) is 34.6 Å². The fraction of sp³-hybridized carbons (Fsp3) is 0.562. The molecule has 7 heteroatoms. The Morgan fingerprint density at radius 1 is 1.35 bits per heavy atom. The van der Waals surface area contributed by atoms with E-state index >= 15 is 0 Å². The Hall–Kier alpha value is -2.31. The maximum Gasteiger partial charge on any atom is 0.319 e. The summed E-state index contributed by atoms with van der Waals surface area (Å²) in [4.78, 5) is 16.1. The predicted molar refractivity (Wildman–Crippen MR) is 88.1 cm³/mol. The van der Waals surface area contributed by atoms with Crippen LogP contribution in [0.4, 0.5) is 10.5 Å². The number of aromatic nitrogens is 3. The third-order valence-electron chi connectivity index (χ3n) is 3.14. The molecule has 0 aliphatic rings. The molecule has 23 heavy (non-hydrogen) atoms. The van der Waals surface area contributed by atoms with Crippen LogP contribution in [0.1, 0.15) is 46.3 Å². The monoisotopic (exact) mass is 319 g/mol. The Bertz CT molecular complexity index is 651. The van der Waals surface area contributed by atoms with Gasteiger partial charge in [-0.25, -0.2) is 9.78 Å². The van der Waals surface area contributed by atoms with Gasteiger partial charge in [0.1, 0.15) is 5.76 Å². The number of nitrogens with one attached hydrogen (secondary N) is 2. The Balaban J connectivity index is 1.83. The molecule has 0 radical (unpaired) electrons. The molecule has 2 aromatic heterocycles. The van der Waals surface area contributed by atoms with Crippen LogP contribution in [0.25, 0.3) is 0 Å². The van der Waals surface area contributed by atoms with Crippen LogP contribution in [0.15, 0.2) is 23.0 Å². The molecule has 126 valence electrons. The van der Waals surface area contributed by atoms with Crippen LogP contribution in [0.3, 0.4) is 0 Å². The molecule has 2 amide bonds. The van der Waals surface area contributed by atoms with Gasteiger partial charge < -0.3 is 15.1 Å². The van der Waals surface area contributed by atoms with Crippen molar-refractivity contribution in [1.82, 2.24) is 20.1 Å². The van der Waals surface area contributed by atoms with Gasteiger partial charge in [-0.15, -0.1) is 0 Å². The molecule has 0 aliphatic heterocycles. The van der Waals surface area contributed by atoms with Crippen molar-refractivity contribution in [2.45, 2.75) is 53.1 Å². The van der Waals surface area contributed by atoms with Crippen molar-refractivity contribution >= 4 is 11.7 Å². The number of oxazole rings is 1. The van der Waals surface area contributed by atoms with E-state index in [2.05, 4.69) is 34.6 Å². The average Bonchev–Trinajstić information content (AvgIpc) is 3.04. The molecule has 2 aromatic rings. The van der Waals surface area contributed by atoms with Crippen LogP contribution < -0.4 is 10.6 Å². The van der Waals surface area contributed by atoms with Crippen molar-refractivity contribution < 1.29 is 9.21 Å². The van der Waals surface area contributed by atoms with Crippen LogP contribution in [0, 0.1) is 5.92 Å². The number of hydrogen-bond acceptors (Lipinski definition) is 4. The smallest absolute Gasteiger partial charge is 0.319 e. The number of carbonyl (C=O) groups is 1. The second-order valence-corrected chi connectivity index (χ2v) is 7.02. The fourth-order valence-electron chi connectivity index (χ4n) is 1.97. The first-order chi connectivity index (χ1) is 10.7. The third-order valence-corrected chi connectivity index (χ3v) is 3.14. The van der Waals surface area contributed by atoms with Crippen LogP contribution in [0.5, 0.6) is 0 Å². The first-order valence-electron chi connectivity index (χ1n) is 7.76. The zero-order valence-corrected chi connectivity index (χ0v) is 14.4. The number of anilines is 1. The normalized spacial score (nSPS) is 11.7. The number of carbonyl (C=O) groups excluding carboxylic acids is 1. The molecule has 0 aliphatic carbocycles. The molecule has 0 spiro atoms. The van der Waals surface area contributed by atoms with Gasteiger partial charge in [0, 0.05) is 18.2 Å². The van der Waals surface area contributed by atoms with E-state index in [0.717, 1.165) is 12.3 Å². The van der Waals surface area contributed by atoms with Gasteiger partial charge in [-0.05, 0) is 5.92 Å². The molecule has 0 bridgehead atoms. The lowest BCUT2D eigenvalue weighted by molar-refractivity contribution is 0.250. The zero-order valence-electron chi connectivity index (χ0n) is 14.4. The third kappa shape index (κ3) is 5.12. The maximum absolute atomic E-state index is 11.9. The lowest BCUT2D eigenvalue weighted by atomic mass is 9.94. The van der Waals surface area contributed by atoms with Gasteiger partial charge >= 0.3 is 6.03 Å². The highest BCUT2D eigenvalue weighted by Crippen LogP contribution is 2.22. The van der Waals surface area contributed by atoms with Gasteiger partial charge in [0.2, 0.25) is 5.89 Å². The van der Waals surface area contributed by atoms with E-state index in [4.69, 9.17) is 4.42 Å². The van der Waals surface area contributed by atoms with E-state index in [-0.39, 0.29) is 18.0 Å². The number of nitrogens with zero attached hydrogens (tertiary/aromatic N) is 3. The summed E-state index contributed by atoms with van der Waals surface area (Å²) in [6.07, 6.45) is 5.14. The highest BCUT2D eigenvalue weighted by atomic mass is 16.4. The first-order valence-corrected chi connectivity index (χ1v) is 7.76. The molecular formula is C16H25N5O2. The minimum Gasteiger partial charge on any atom is -0.443 e. The van der Waals surface area contributed by atoms with E-state index in [9.17, 15) is 4.79 Å². The summed E-state index contributed by atoms with van der Waals surface area (Å²) < 4.78 is 7.44. The number of hydrogen-bond donors (Lipinski definition) is 2. The molecule has 0 atom stereocenters. The highest BCUT2D eigenvalue weighted by molar-refractivity contribution is 5.88. The summed E-state index contributed by atoms with van der Waals surface area (Å²) in [6, 6.07) is -0.315. The van der Waals surface area contributed by atoms with E-state index in [1.54, 1.807) is 12.4 Å². The maximum atomic E-state index is 11.9. The molecule has 0 unspecified atom stereocenters. The molecular weight excluding hydrogens is 294 g/mol. The molecule has 0 fully saturated rings. The summed E-state index contributed by atoms with van der Waals surface area (Å²) in [5.74, 6) is 1.78. The topological polar surface area (TPSA) is 85.0 Å². The van der Waals surface area contributed by atoms with Gasteiger partial charge in [0.05, 0.1) is 24.6 Å². The molecule has 0 aromatic carbocycles. The standard InChI is InChI=1S/C16H25N5O2/c1-11(2)9-21-10-12(6-19-21)20-15(22)18-8-14-17-7-13(23-14)16(3,4)5/h6-7,10-11H,8-9H2,1-5H3,(H2,18,20,22). The highest BCUT2D eigenvalue weighted by Gasteiger charge is 2.19. The molecule has 0 saturated heterocycles. The van der Waals surface area contributed by atoms with Crippen LogP contribution in [0.2, 0.25) is 0 Å². The molecule has 2 N–H and O–H groups in total. The number of rotatable bonds is 5. The Kier molecular flexibility index (Phi) is 5.08.